The predicted molar refractivity (Wildman–Crippen MR) is 75.8 cm³/mol. The third kappa shape index (κ3) is 3.80. The molecule has 0 saturated carbocycles. The highest BCUT2D eigenvalue weighted by molar-refractivity contribution is 9.11. The second-order valence-corrected chi connectivity index (χ2v) is 7.23. The fourth-order valence-corrected chi connectivity index (χ4v) is 4.02. The van der Waals surface area contributed by atoms with Crippen LogP contribution in [0.15, 0.2) is 15.9 Å². The van der Waals surface area contributed by atoms with Gasteiger partial charge in [-0.3, -0.25) is 4.79 Å². The highest BCUT2D eigenvalue weighted by atomic mass is 79.9. The SMILES string of the molecule is CCOC(=O)[C@H]1CCC[NH+](Cc2ccc(Br)s2)C1. The van der Waals surface area contributed by atoms with Crippen LogP contribution in [0.4, 0.5) is 0 Å². The number of nitrogens with one attached hydrogen (secondary N) is 1. The van der Waals surface area contributed by atoms with Crippen LogP contribution in [-0.2, 0) is 16.1 Å². The predicted octanol–water partition coefficient (Wildman–Crippen LogP) is 1.87. The van der Waals surface area contributed by atoms with E-state index in [1.807, 2.05) is 6.92 Å². The Kier molecular flexibility index (Phi) is 5.21. The number of quaternary nitrogens is 1. The summed E-state index contributed by atoms with van der Waals surface area (Å²) in [5.41, 5.74) is 0. The topological polar surface area (TPSA) is 30.7 Å². The van der Waals surface area contributed by atoms with Gasteiger partial charge in [0.05, 0.1) is 28.4 Å². The standard InChI is InChI=1S/C13H18BrNO2S/c1-2-17-13(16)10-4-3-7-15(8-10)9-11-5-6-12(14)18-11/h5-6,10H,2-4,7-9H2,1H3/p+1/t10-/m0/s1. The van der Waals surface area contributed by atoms with E-state index >= 15 is 0 Å². The van der Waals surface area contributed by atoms with E-state index in [1.165, 1.54) is 13.6 Å². The number of ether oxygens (including phenoxy) is 1. The minimum absolute atomic E-state index is 0.0120. The van der Waals surface area contributed by atoms with Crippen LogP contribution in [0.1, 0.15) is 24.6 Å². The Hall–Kier alpha value is -0.390. The zero-order valence-corrected chi connectivity index (χ0v) is 13.0. The Morgan fingerprint density at radius 1 is 1.61 bits per heavy atom. The Morgan fingerprint density at radius 3 is 3.11 bits per heavy atom. The highest BCUT2D eigenvalue weighted by Crippen LogP contribution is 2.21. The molecule has 5 heteroatoms. The van der Waals surface area contributed by atoms with E-state index in [0.29, 0.717) is 6.61 Å². The molecule has 2 atom stereocenters. The molecule has 2 heterocycles. The number of piperidine rings is 1. The minimum atomic E-state index is -0.0120. The molecule has 3 nitrogen and oxygen atoms in total. The molecule has 2 rings (SSSR count). The summed E-state index contributed by atoms with van der Waals surface area (Å²) < 4.78 is 6.30. The van der Waals surface area contributed by atoms with E-state index in [0.717, 1.165) is 32.5 Å². The zero-order valence-electron chi connectivity index (χ0n) is 10.6. The summed E-state index contributed by atoms with van der Waals surface area (Å²) in [5.74, 6) is 0.0826. The maximum atomic E-state index is 11.8. The van der Waals surface area contributed by atoms with Crippen molar-refractivity contribution in [2.24, 2.45) is 5.92 Å². The second-order valence-electron chi connectivity index (χ2n) is 4.68. The maximum Gasteiger partial charge on any atom is 0.314 e. The lowest BCUT2D eigenvalue weighted by Gasteiger charge is -2.28. The molecule has 1 aliphatic heterocycles. The smallest absolute Gasteiger partial charge is 0.314 e. The molecule has 100 valence electrons. The first-order chi connectivity index (χ1) is 8.69. The van der Waals surface area contributed by atoms with Gasteiger partial charge in [-0.2, -0.15) is 0 Å². The van der Waals surface area contributed by atoms with Crippen LogP contribution in [-0.4, -0.2) is 25.7 Å². The van der Waals surface area contributed by atoms with Crippen LogP contribution in [0.3, 0.4) is 0 Å². The third-order valence-corrected chi connectivity index (χ3v) is 4.91. The normalized spacial score (nSPS) is 23.9. The molecule has 0 aliphatic carbocycles. The van der Waals surface area contributed by atoms with Gasteiger partial charge in [-0.1, -0.05) is 0 Å². The van der Waals surface area contributed by atoms with Crippen molar-refractivity contribution < 1.29 is 14.4 Å². The summed E-state index contributed by atoms with van der Waals surface area (Å²) in [7, 11) is 0. The number of halogens is 1. The molecule has 0 spiro atoms. The Labute approximate surface area is 120 Å². The molecule has 0 radical (unpaired) electrons. The molecule has 1 aromatic heterocycles. The van der Waals surface area contributed by atoms with Gasteiger partial charge in [0.1, 0.15) is 12.5 Å². The van der Waals surface area contributed by atoms with E-state index in [9.17, 15) is 4.79 Å². The van der Waals surface area contributed by atoms with Crippen LogP contribution >= 0.6 is 27.3 Å². The monoisotopic (exact) mass is 332 g/mol. The third-order valence-electron chi connectivity index (χ3n) is 3.29. The molecule has 0 amide bonds. The van der Waals surface area contributed by atoms with Gasteiger partial charge in [0.15, 0.2) is 0 Å². The molecule has 0 bridgehead atoms. The van der Waals surface area contributed by atoms with Gasteiger partial charge in [-0.15, -0.1) is 11.3 Å². The summed E-state index contributed by atoms with van der Waals surface area (Å²) >= 11 is 5.27. The summed E-state index contributed by atoms with van der Waals surface area (Å²) in [6.45, 7) is 5.45. The molecule has 18 heavy (non-hydrogen) atoms. The molecular formula is C13H19BrNO2S+. The van der Waals surface area contributed by atoms with E-state index in [2.05, 4.69) is 28.1 Å². The molecule has 1 aliphatic rings. The number of rotatable bonds is 4. The number of esters is 1. The maximum absolute atomic E-state index is 11.8. The van der Waals surface area contributed by atoms with Gasteiger partial charge in [0.2, 0.25) is 0 Å². The van der Waals surface area contributed by atoms with Crippen LogP contribution in [0.5, 0.6) is 0 Å². The largest absolute Gasteiger partial charge is 0.466 e. The van der Waals surface area contributed by atoms with Crippen LogP contribution in [0.25, 0.3) is 0 Å². The van der Waals surface area contributed by atoms with Gasteiger partial charge in [0, 0.05) is 0 Å². The number of likely N-dealkylation sites (tertiary alicyclic amines) is 1. The molecule has 0 aromatic carbocycles. The number of carbonyl (C=O) groups excluding carboxylic acids is 1. The first-order valence-electron chi connectivity index (χ1n) is 6.43. The van der Waals surface area contributed by atoms with E-state index in [-0.39, 0.29) is 11.9 Å². The zero-order chi connectivity index (χ0) is 13.0. The second kappa shape index (κ2) is 6.68. The Balaban J connectivity index is 1.88. The lowest BCUT2D eigenvalue weighted by atomic mass is 9.98. The molecule has 1 fully saturated rings. The lowest BCUT2D eigenvalue weighted by Crippen LogP contribution is -3.12. The highest BCUT2D eigenvalue weighted by Gasteiger charge is 2.29. The van der Waals surface area contributed by atoms with Crippen molar-refractivity contribution in [2.75, 3.05) is 19.7 Å². The first kappa shape index (κ1) is 14.0. The summed E-state index contributed by atoms with van der Waals surface area (Å²) in [6.07, 6.45) is 2.10. The number of hydrogen-bond donors (Lipinski definition) is 1. The molecule has 1 aromatic rings. The summed E-state index contributed by atoms with van der Waals surface area (Å²) in [4.78, 5) is 14.6. The first-order valence-corrected chi connectivity index (χ1v) is 8.04. The molecular weight excluding hydrogens is 314 g/mol. The Bertz CT molecular complexity index is 407. The molecule has 1 saturated heterocycles. The fourth-order valence-electron chi connectivity index (χ4n) is 2.47. The van der Waals surface area contributed by atoms with Crippen molar-refractivity contribution in [2.45, 2.75) is 26.3 Å². The van der Waals surface area contributed by atoms with Crippen LogP contribution in [0, 0.1) is 5.92 Å². The van der Waals surface area contributed by atoms with E-state index in [4.69, 9.17) is 4.74 Å². The average molecular weight is 333 g/mol. The van der Waals surface area contributed by atoms with Gasteiger partial charge in [-0.25, -0.2) is 0 Å². The van der Waals surface area contributed by atoms with Crippen molar-refractivity contribution in [1.82, 2.24) is 0 Å². The van der Waals surface area contributed by atoms with Crippen molar-refractivity contribution >= 4 is 33.2 Å². The quantitative estimate of drug-likeness (QED) is 0.853. The lowest BCUT2D eigenvalue weighted by molar-refractivity contribution is -0.920. The van der Waals surface area contributed by atoms with Gasteiger partial charge < -0.3 is 9.64 Å². The Morgan fingerprint density at radius 2 is 2.44 bits per heavy atom. The fraction of sp³-hybridized carbons (Fsp3) is 0.615. The van der Waals surface area contributed by atoms with Gasteiger partial charge >= 0.3 is 5.97 Å². The number of carbonyl (C=O) groups is 1. The van der Waals surface area contributed by atoms with Crippen molar-refractivity contribution in [3.05, 3.63) is 20.8 Å². The number of hydrogen-bond acceptors (Lipinski definition) is 3. The van der Waals surface area contributed by atoms with Gasteiger partial charge in [0.25, 0.3) is 0 Å². The summed E-state index contributed by atoms with van der Waals surface area (Å²) in [5, 5.41) is 0. The average Bonchev–Trinajstić information content (AvgIpc) is 2.75. The molecule has 1 unspecified atom stereocenters. The number of thiophene rings is 1. The van der Waals surface area contributed by atoms with E-state index < -0.39 is 0 Å². The van der Waals surface area contributed by atoms with Crippen molar-refractivity contribution in [3.8, 4) is 0 Å². The molecule has 1 N–H and O–H groups in total. The van der Waals surface area contributed by atoms with Crippen LogP contribution in [0.2, 0.25) is 0 Å². The summed E-state index contributed by atoms with van der Waals surface area (Å²) in [6, 6.07) is 4.25. The van der Waals surface area contributed by atoms with E-state index in [1.54, 1.807) is 11.3 Å². The van der Waals surface area contributed by atoms with Crippen LogP contribution < -0.4 is 4.90 Å². The minimum Gasteiger partial charge on any atom is -0.466 e. The van der Waals surface area contributed by atoms with Crippen molar-refractivity contribution in [3.63, 3.8) is 0 Å². The van der Waals surface area contributed by atoms with Crippen molar-refractivity contribution in [1.29, 1.82) is 0 Å². The van der Waals surface area contributed by atoms with Gasteiger partial charge in [-0.05, 0) is 47.8 Å².